The van der Waals surface area contributed by atoms with Crippen molar-refractivity contribution < 1.29 is 19.1 Å². The normalized spacial score (nSPS) is 13.9. The van der Waals surface area contributed by atoms with E-state index in [1.165, 1.54) is 7.11 Å². The summed E-state index contributed by atoms with van der Waals surface area (Å²) < 4.78 is 9.43. The zero-order valence-electron chi connectivity index (χ0n) is 10.9. The maximum atomic E-state index is 11.3. The molecule has 2 unspecified atom stereocenters. The van der Waals surface area contributed by atoms with E-state index < -0.39 is 0 Å². The highest BCUT2D eigenvalue weighted by Gasteiger charge is 2.20. The maximum Gasteiger partial charge on any atom is 0.309 e. The predicted molar refractivity (Wildman–Crippen MR) is 63.5 cm³/mol. The lowest BCUT2D eigenvalue weighted by atomic mass is 10.0. The molecule has 0 fully saturated rings. The van der Waals surface area contributed by atoms with Gasteiger partial charge in [0.05, 0.1) is 26.2 Å². The first-order valence-electron chi connectivity index (χ1n) is 5.59. The molecule has 2 atom stereocenters. The highest BCUT2D eigenvalue weighted by atomic mass is 16.5. The number of rotatable bonds is 8. The van der Waals surface area contributed by atoms with Crippen LogP contribution in [0, 0.1) is 5.92 Å². The summed E-state index contributed by atoms with van der Waals surface area (Å²) in [6.07, 6.45) is 0. The van der Waals surface area contributed by atoms with Gasteiger partial charge >= 0.3 is 5.97 Å². The van der Waals surface area contributed by atoms with E-state index in [1.807, 2.05) is 6.92 Å². The number of nitrogens with one attached hydrogen (secondary N) is 2. The number of amides is 1. The van der Waals surface area contributed by atoms with E-state index in [9.17, 15) is 9.59 Å². The average Bonchev–Trinajstić information content (AvgIpc) is 2.34. The van der Waals surface area contributed by atoms with E-state index in [2.05, 4.69) is 15.4 Å². The van der Waals surface area contributed by atoms with Gasteiger partial charge < -0.3 is 20.1 Å². The lowest BCUT2D eigenvalue weighted by Crippen LogP contribution is -2.43. The van der Waals surface area contributed by atoms with Gasteiger partial charge in [-0.15, -0.1) is 0 Å². The van der Waals surface area contributed by atoms with Gasteiger partial charge in [0.15, 0.2) is 0 Å². The van der Waals surface area contributed by atoms with Crippen LogP contribution >= 0.6 is 0 Å². The number of hydrogen-bond donors (Lipinski definition) is 2. The Morgan fingerprint density at radius 2 is 1.88 bits per heavy atom. The topological polar surface area (TPSA) is 76.7 Å². The highest BCUT2D eigenvalue weighted by Crippen LogP contribution is 2.03. The molecule has 6 nitrogen and oxygen atoms in total. The summed E-state index contributed by atoms with van der Waals surface area (Å²) in [6, 6.07) is -0.115. The van der Waals surface area contributed by atoms with E-state index in [-0.39, 0.29) is 30.4 Å². The van der Waals surface area contributed by atoms with E-state index in [4.69, 9.17) is 4.74 Å². The monoisotopic (exact) mass is 246 g/mol. The standard InChI is InChI=1S/C11H22N2O4/c1-8(11(15)17-4)9(2)13-7-10(14)12-5-6-16-3/h8-9,13H,5-7H2,1-4H3,(H,12,14). The number of hydrogen-bond acceptors (Lipinski definition) is 5. The molecule has 17 heavy (non-hydrogen) atoms. The van der Waals surface area contributed by atoms with Crippen LogP contribution in [-0.2, 0) is 19.1 Å². The van der Waals surface area contributed by atoms with Crippen LogP contribution in [0.2, 0.25) is 0 Å². The maximum absolute atomic E-state index is 11.3. The lowest BCUT2D eigenvalue weighted by Gasteiger charge is -2.18. The summed E-state index contributed by atoms with van der Waals surface area (Å²) in [6.45, 7) is 4.74. The first-order valence-corrected chi connectivity index (χ1v) is 5.59. The molecule has 0 aromatic carbocycles. The van der Waals surface area contributed by atoms with Crippen LogP contribution in [0.25, 0.3) is 0 Å². The Bertz CT molecular complexity index is 246. The first kappa shape index (κ1) is 15.9. The molecular weight excluding hydrogens is 224 g/mol. The molecule has 0 saturated carbocycles. The molecule has 0 spiro atoms. The Morgan fingerprint density at radius 3 is 2.41 bits per heavy atom. The molecule has 0 rings (SSSR count). The van der Waals surface area contributed by atoms with E-state index in [0.29, 0.717) is 13.2 Å². The van der Waals surface area contributed by atoms with Crippen LogP contribution in [0.15, 0.2) is 0 Å². The fraction of sp³-hybridized carbons (Fsp3) is 0.818. The third-order valence-corrected chi connectivity index (χ3v) is 2.54. The van der Waals surface area contributed by atoms with Crippen LogP contribution in [0.3, 0.4) is 0 Å². The van der Waals surface area contributed by atoms with Crippen LogP contribution < -0.4 is 10.6 Å². The molecule has 0 saturated heterocycles. The van der Waals surface area contributed by atoms with E-state index in [0.717, 1.165) is 0 Å². The summed E-state index contributed by atoms with van der Waals surface area (Å²) in [7, 11) is 2.92. The first-order chi connectivity index (χ1) is 8.02. The number of ether oxygens (including phenoxy) is 2. The van der Waals surface area contributed by atoms with Crippen molar-refractivity contribution in [2.75, 3.05) is 33.9 Å². The van der Waals surface area contributed by atoms with Crippen molar-refractivity contribution in [1.29, 1.82) is 0 Å². The number of esters is 1. The third kappa shape index (κ3) is 6.91. The fourth-order valence-electron chi connectivity index (χ4n) is 1.18. The van der Waals surface area contributed by atoms with Gasteiger partial charge in [0, 0.05) is 19.7 Å². The fourth-order valence-corrected chi connectivity index (χ4v) is 1.18. The Kier molecular flexibility index (Phi) is 8.35. The number of methoxy groups -OCH3 is 2. The zero-order valence-corrected chi connectivity index (χ0v) is 10.9. The quantitative estimate of drug-likeness (QED) is 0.447. The molecule has 6 heteroatoms. The van der Waals surface area contributed by atoms with Crippen LogP contribution in [0.1, 0.15) is 13.8 Å². The van der Waals surface area contributed by atoms with Crippen molar-refractivity contribution in [2.24, 2.45) is 5.92 Å². The lowest BCUT2D eigenvalue weighted by molar-refractivity contribution is -0.145. The number of carbonyl (C=O) groups excluding carboxylic acids is 2. The Hall–Kier alpha value is -1.14. The van der Waals surface area contributed by atoms with Gasteiger partial charge in [-0.2, -0.15) is 0 Å². The SMILES string of the molecule is COCCNC(=O)CNC(C)C(C)C(=O)OC. The van der Waals surface area contributed by atoms with Crippen molar-refractivity contribution in [3.8, 4) is 0 Å². The molecule has 0 aromatic heterocycles. The van der Waals surface area contributed by atoms with Gasteiger partial charge in [0.25, 0.3) is 0 Å². The molecule has 1 amide bonds. The highest BCUT2D eigenvalue weighted by molar-refractivity contribution is 5.78. The smallest absolute Gasteiger partial charge is 0.309 e. The largest absolute Gasteiger partial charge is 0.469 e. The van der Waals surface area contributed by atoms with Gasteiger partial charge in [-0.05, 0) is 6.92 Å². The summed E-state index contributed by atoms with van der Waals surface area (Å²) in [5.74, 6) is -0.692. The Balaban J connectivity index is 3.79. The summed E-state index contributed by atoms with van der Waals surface area (Å²) in [5, 5.41) is 5.65. The average molecular weight is 246 g/mol. The second-order valence-electron chi connectivity index (χ2n) is 3.82. The van der Waals surface area contributed by atoms with Gasteiger partial charge in [0.2, 0.25) is 5.91 Å². The van der Waals surface area contributed by atoms with E-state index >= 15 is 0 Å². The molecule has 2 N–H and O–H groups in total. The zero-order chi connectivity index (χ0) is 13.3. The summed E-state index contributed by atoms with van der Waals surface area (Å²) in [4.78, 5) is 22.6. The second kappa shape index (κ2) is 8.95. The van der Waals surface area contributed by atoms with Crippen molar-refractivity contribution >= 4 is 11.9 Å². The second-order valence-corrected chi connectivity index (χ2v) is 3.82. The molecule has 0 aliphatic rings. The minimum absolute atomic E-state index is 0.115. The van der Waals surface area contributed by atoms with Gasteiger partial charge in [0.1, 0.15) is 0 Å². The summed E-state index contributed by atoms with van der Waals surface area (Å²) in [5.41, 5.74) is 0. The van der Waals surface area contributed by atoms with Gasteiger partial charge in [-0.1, -0.05) is 6.92 Å². The molecule has 0 aliphatic heterocycles. The Morgan fingerprint density at radius 1 is 1.24 bits per heavy atom. The molecule has 0 bridgehead atoms. The van der Waals surface area contributed by atoms with Crippen LogP contribution in [-0.4, -0.2) is 51.8 Å². The van der Waals surface area contributed by atoms with Crippen molar-refractivity contribution in [3.63, 3.8) is 0 Å². The molecule has 0 heterocycles. The number of carbonyl (C=O) groups is 2. The molecule has 100 valence electrons. The molecule has 0 radical (unpaired) electrons. The summed E-state index contributed by atoms with van der Waals surface area (Å²) >= 11 is 0. The van der Waals surface area contributed by atoms with Gasteiger partial charge in [-0.25, -0.2) is 0 Å². The van der Waals surface area contributed by atoms with E-state index in [1.54, 1.807) is 14.0 Å². The van der Waals surface area contributed by atoms with Crippen LogP contribution in [0.5, 0.6) is 0 Å². The van der Waals surface area contributed by atoms with Crippen molar-refractivity contribution in [2.45, 2.75) is 19.9 Å². The minimum atomic E-state index is -0.287. The minimum Gasteiger partial charge on any atom is -0.469 e. The van der Waals surface area contributed by atoms with Gasteiger partial charge in [-0.3, -0.25) is 9.59 Å². The Labute approximate surface area is 102 Å². The van der Waals surface area contributed by atoms with Crippen molar-refractivity contribution in [3.05, 3.63) is 0 Å². The molecule has 0 aliphatic carbocycles. The third-order valence-electron chi connectivity index (χ3n) is 2.54. The molecule has 0 aromatic rings. The predicted octanol–water partition coefficient (Wildman–Crippen LogP) is -0.464. The molecular formula is C11H22N2O4. The van der Waals surface area contributed by atoms with Crippen LogP contribution in [0.4, 0.5) is 0 Å². The van der Waals surface area contributed by atoms with Crippen molar-refractivity contribution in [1.82, 2.24) is 10.6 Å².